The van der Waals surface area contributed by atoms with Crippen LogP contribution in [0.4, 0.5) is 15.8 Å². The number of anilines is 1. The molecule has 0 saturated carbocycles. The van der Waals surface area contributed by atoms with Crippen LogP contribution >= 0.6 is 0 Å². The Morgan fingerprint density at radius 1 is 1.19 bits per heavy atom. The van der Waals surface area contributed by atoms with Crippen molar-refractivity contribution < 1.29 is 14.1 Å². The third-order valence-corrected chi connectivity index (χ3v) is 2.60. The molecule has 0 unspecified atom stereocenters. The second-order valence-corrected chi connectivity index (χ2v) is 4.19. The highest BCUT2D eigenvalue weighted by Crippen LogP contribution is 2.14. The number of carbonyl (C=O) groups excluding carboxylic acids is 1. The molecule has 21 heavy (non-hydrogen) atoms. The SMILES string of the molecule is O=C(/C=C\c1cccc([N+](=O)[O-])c1)Nc1cccc(F)c1. The number of nitro groups is 1. The van der Waals surface area contributed by atoms with E-state index in [0.717, 1.165) is 0 Å². The van der Waals surface area contributed by atoms with Crippen LogP contribution < -0.4 is 5.32 Å². The van der Waals surface area contributed by atoms with Gasteiger partial charge in [0.05, 0.1) is 4.92 Å². The number of nitrogens with zero attached hydrogens (tertiary/aromatic N) is 1. The second-order valence-electron chi connectivity index (χ2n) is 4.19. The van der Waals surface area contributed by atoms with E-state index in [9.17, 15) is 19.3 Å². The van der Waals surface area contributed by atoms with E-state index in [-0.39, 0.29) is 5.69 Å². The third kappa shape index (κ3) is 4.24. The summed E-state index contributed by atoms with van der Waals surface area (Å²) in [6.45, 7) is 0. The molecule has 0 heterocycles. The molecule has 0 fully saturated rings. The van der Waals surface area contributed by atoms with Gasteiger partial charge in [-0.15, -0.1) is 0 Å². The fourth-order valence-corrected chi connectivity index (χ4v) is 1.66. The Hall–Kier alpha value is -3.02. The highest BCUT2D eigenvalue weighted by Gasteiger charge is 2.04. The smallest absolute Gasteiger partial charge is 0.270 e. The normalized spacial score (nSPS) is 10.5. The van der Waals surface area contributed by atoms with E-state index in [2.05, 4.69) is 5.32 Å². The average Bonchev–Trinajstić information content (AvgIpc) is 2.45. The first-order chi connectivity index (χ1) is 10.0. The number of nitrogens with one attached hydrogen (secondary N) is 1. The average molecular weight is 286 g/mol. The van der Waals surface area contributed by atoms with Crippen molar-refractivity contribution in [3.63, 3.8) is 0 Å². The maximum absolute atomic E-state index is 13.0. The van der Waals surface area contributed by atoms with Gasteiger partial charge in [0, 0.05) is 23.9 Å². The van der Waals surface area contributed by atoms with Crippen LogP contribution in [0.3, 0.4) is 0 Å². The Labute approximate surface area is 119 Å². The zero-order valence-electron chi connectivity index (χ0n) is 10.8. The van der Waals surface area contributed by atoms with Gasteiger partial charge in [-0.1, -0.05) is 18.2 Å². The molecule has 0 radical (unpaired) electrons. The summed E-state index contributed by atoms with van der Waals surface area (Å²) in [5.74, 6) is -0.900. The van der Waals surface area contributed by atoms with Crippen molar-refractivity contribution in [3.05, 3.63) is 76.1 Å². The zero-order chi connectivity index (χ0) is 15.2. The minimum absolute atomic E-state index is 0.0531. The second kappa shape index (κ2) is 6.42. The molecule has 0 aromatic heterocycles. The van der Waals surface area contributed by atoms with E-state index in [0.29, 0.717) is 11.3 Å². The number of non-ortho nitro benzene ring substituents is 1. The van der Waals surface area contributed by atoms with Gasteiger partial charge in [0.1, 0.15) is 5.82 Å². The first-order valence-electron chi connectivity index (χ1n) is 6.04. The minimum Gasteiger partial charge on any atom is -0.322 e. The van der Waals surface area contributed by atoms with E-state index in [1.807, 2.05) is 0 Å². The molecule has 2 aromatic carbocycles. The summed E-state index contributed by atoms with van der Waals surface area (Å²) in [5, 5.41) is 13.1. The van der Waals surface area contributed by atoms with Crippen molar-refractivity contribution in [1.82, 2.24) is 0 Å². The Morgan fingerprint density at radius 3 is 2.67 bits per heavy atom. The summed E-state index contributed by atoms with van der Waals surface area (Å²) in [6.07, 6.45) is 2.67. The van der Waals surface area contributed by atoms with Gasteiger partial charge >= 0.3 is 0 Å². The molecule has 106 valence electrons. The monoisotopic (exact) mass is 286 g/mol. The molecule has 0 aliphatic rings. The predicted molar refractivity (Wildman–Crippen MR) is 77.2 cm³/mol. The molecule has 0 aliphatic carbocycles. The van der Waals surface area contributed by atoms with Crippen molar-refractivity contribution >= 4 is 23.4 Å². The van der Waals surface area contributed by atoms with E-state index >= 15 is 0 Å². The Kier molecular flexibility index (Phi) is 4.40. The molecule has 0 bridgehead atoms. The van der Waals surface area contributed by atoms with Crippen molar-refractivity contribution in [2.75, 3.05) is 5.32 Å². The summed E-state index contributed by atoms with van der Waals surface area (Å²) in [7, 11) is 0. The molecular weight excluding hydrogens is 275 g/mol. The van der Waals surface area contributed by atoms with Crippen LogP contribution in [0, 0.1) is 15.9 Å². The van der Waals surface area contributed by atoms with Crippen molar-refractivity contribution in [2.45, 2.75) is 0 Å². The summed E-state index contributed by atoms with van der Waals surface area (Å²) >= 11 is 0. The van der Waals surface area contributed by atoms with E-state index in [4.69, 9.17) is 0 Å². The van der Waals surface area contributed by atoms with E-state index < -0.39 is 16.6 Å². The summed E-state index contributed by atoms with van der Waals surface area (Å²) in [6, 6.07) is 11.4. The minimum atomic E-state index is -0.510. The Morgan fingerprint density at radius 2 is 1.95 bits per heavy atom. The van der Waals surface area contributed by atoms with Gasteiger partial charge in [-0.3, -0.25) is 14.9 Å². The number of carbonyl (C=O) groups is 1. The molecular formula is C15H11FN2O3. The largest absolute Gasteiger partial charge is 0.322 e. The molecule has 1 amide bonds. The maximum Gasteiger partial charge on any atom is 0.270 e. The van der Waals surface area contributed by atoms with Crippen molar-refractivity contribution in [1.29, 1.82) is 0 Å². The number of benzene rings is 2. The Bertz CT molecular complexity index is 714. The van der Waals surface area contributed by atoms with Crippen LogP contribution in [0.25, 0.3) is 6.08 Å². The molecule has 5 nitrogen and oxygen atoms in total. The first kappa shape index (κ1) is 14.4. The van der Waals surface area contributed by atoms with Crippen LogP contribution in [0.2, 0.25) is 0 Å². The van der Waals surface area contributed by atoms with Crippen LogP contribution in [0.5, 0.6) is 0 Å². The molecule has 6 heteroatoms. The standard InChI is InChI=1S/C15H11FN2O3/c16-12-4-2-5-13(10-12)17-15(19)8-7-11-3-1-6-14(9-11)18(20)21/h1-10H,(H,17,19)/b8-7-. The summed E-state index contributed by atoms with van der Waals surface area (Å²) < 4.78 is 13.0. The van der Waals surface area contributed by atoms with Crippen molar-refractivity contribution in [3.8, 4) is 0 Å². The maximum atomic E-state index is 13.0. The van der Waals surface area contributed by atoms with Crippen LogP contribution in [0.15, 0.2) is 54.6 Å². The van der Waals surface area contributed by atoms with Gasteiger partial charge in [0.25, 0.3) is 5.69 Å². The summed E-state index contributed by atoms with van der Waals surface area (Å²) in [4.78, 5) is 21.8. The lowest BCUT2D eigenvalue weighted by Gasteiger charge is -2.01. The van der Waals surface area contributed by atoms with Gasteiger partial charge in [0.15, 0.2) is 0 Å². The van der Waals surface area contributed by atoms with E-state index in [1.165, 1.54) is 48.6 Å². The van der Waals surface area contributed by atoms with E-state index in [1.54, 1.807) is 12.1 Å². The fraction of sp³-hybridized carbons (Fsp3) is 0. The van der Waals surface area contributed by atoms with Gasteiger partial charge in [-0.25, -0.2) is 4.39 Å². The lowest BCUT2D eigenvalue weighted by Crippen LogP contribution is -2.07. The Balaban J connectivity index is 2.05. The highest BCUT2D eigenvalue weighted by molar-refractivity contribution is 6.01. The molecule has 0 spiro atoms. The number of nitro benzene ring substituents is 1. The van der Waals surface area contributed by atoms with Gasteiger partial charge in [0.2, 0.25) is 5.91 Å². The lowest BCUT2D eigenvalue weighted by molar-refractivity contribution is -0.384. The summed E-state index contributed by atoms with van der Waals surface area (Å²) in [5.41, 5.74) is 0.810. The molecule has 2 rings (SSSR count). The van der Waals surface area contributed by atoms with Crippen LogP contribution in [-0.2, 0) is 4.79 Å². The van der Waals surface area contributed by atoms with Crippen LogP contribution in [0.1, 0.15) is 5.56 Å². The topological polar surface area (TPSA) is 72.2 Å². The molecule has 0 atom stereocenters. The zero-order valence-corrected chi connectivity index (χ0v) is 10.8. The molecule has 0 saturated heterocycles. The number of amides is 1. The lowest BCUT2D eigenvalue weighted by atomic mass is 10.2. The predicted octanol–water partition coefficient (Wildman–Crippen LogP) is 3.39. The molecule has 0 aliphatic heterocycles. The number of halogens is 1. The molecule has 2 aromatic rings. The van der Waals surface area contributed by atoms with Crippen molar-refractivity contribution in [2.24, 2.45) is 0 Å². The van der Waals surface area contributed by atoms with Gasteiger partial charge < -0.3 is 5.32 Å². The molecule has 1 N–H and O–H groups in total. The van der Waals surface area contributed by atoms with Gasteiger partial charge in [-0.2, -0.15) is 0 Å². The van der Waals surface area contributed by atoms with Gasteiger partial charge in [-0.05, 0) is 29.8 Å². The van der Waals surface area contributed by atoms with Crippen LogP contribution in [-0.4, -0.2) is 10.8 Å². The fourth-order valence-electron chi connectivity index (χ4n) is 1.66. The first-order valence-corrected chi connectivity index (χ1v) is 6.04. The number of rotatable bonds is 4. The number of hydrogen-bond donors (Lipinski definition) is 1. The third-order valence-electron chi connectivity index (χ3n) is 2.60. The number of hydrogen-bond acceptors (Lipinski definition) is 3. The highest BCUT2D eigenvalue weighted by atomic mass is 19.1. The quantitative estimate of drug-likeness (QED) is 0.532.